The van der Waals surface area contributed by atoms with Crippen molar-refractivity contribution in [2.45, 2.75) is 38.6 Å². The molecule has 1 unspecified atom stereocenters. The number of aryl methyl sites for hydroxylation is 2. The third kappa shape index (κ3) is 2.75. The third-order valence-corrected chi connectivity index (χ3v) is 4.47. The average molecular weight is 286 g/mol. The molecule has 1 amide bonds. The number of amides is 1. The first-order valence-electron chi connectivity index (χ1n) is 7.05. The summed E-state index contributed by atoms with van der Waals surface area (Å²) in [4.78, 5) is 16.1. The molecule has 1 atom stereocenters. The molecule has 1 aromatic heterocycles. The van der Waals surface area contributed by atoms with Crippen molar-refractivity contribution in [3.63, 3.8) is 0 Å². The molecule has 20 heavy (non-hydrogen) atoms. The lowest BCUT2D eigenvalue weighted by Gasteiger charge is -2.19. The van der Waals surface area contributed by atoms with Gasteiger partial charge in [0.1, 0.15) is 5.69 Å². The van der Waals surface area contributed by atoms with Gasteiger partial charge in [0.2, 0.25) is 0 Å². The van der Waals surface area contributed by atoms with Crippen LogP contribution in [0, 0.1) is 0 Å². The summed E-state index contributed by atoms with van der Waals surface area (Å²) in [6, 6.07) is 6.61. The molecule has 0 radical (unpaired) electrons. The number of carbonyl (C=O) groups excluding carboxylic acids is 1. The minimum absolute atomic E-state index is 0.0106. The van der Waals surface area contributed by atoms with E-state index in [-0.39, 0.29) is 11.9 Å². The van der Waals surface area contributed by atoms with Crippen LogP contribution in [0.25, 0.3) is 0 Å². The van der Waals surface area contributed by atoms with Gasteiger partial charge in [0.05, 0.1) is 11.6 Å². The molecule has 0 saturated heterocycles. The van der Waals surface area contributed by atoms with Gasteiger partial charge in [-0.2, -0.15) is 0 Å². The number of nitrogens with zero attached hydrogens (tertiary/aromatic N) is 1. The molecular weight excluding hydrogens is 268 g/mol. The maximum atomic E-state index is 12.0. The zero-order valence-corrected chi connectivity index (χ0v) is 12.4. The number of rotatable bonds is 3. The Morgan fingerprint density at radius 1 is 1.30 bits per heavy atom. The van der Waals surface area contributed by atoms with E-state index in [1.807, 2.05) is 6.92 Å². The van der Waals surface area contributed by atoms with E-state index in [4.69, 9.17) is 0 Å². The van der Waals surface area contributed by atoms with Crippen molar-refractivity contribution >= 4 is 17.2 Å². The Labute approximate surface area is 123 Å². The van der Waals surface area contributed by atoms with Crippen molar-refractivity contribution in [1.29, 1.82) is 0 Å². The Balaban J connectivity index is 1.74. The highest BCUT2D eigenvalue weighted by Gasteiger charge is 2.15. The second-order valence-corrected chi connectivity index (χ2v) is 6.02. The zero-order chi connectivity index (χ0) is 13.9. The van der Waals surface area contributed by atoms with E-state index >= 15 is 0 Å². The Kier molecular flexibility index (Phi) is 3.83. The molecule has 1 aromatic carbocycles. The normalized spacial score (nSPS) is 15.4. The predicted octanol–water partition coefficient (Wildman–Crippen LogP) is 3.51. The minimum Gasteiger partial charge on any atom is -0.344 e. The molecule has 2 aromatic rings. The Morgan fingerprint density at radius 3 is 2.85 bits per heavy atom. The largest absolute Gasteiger partial charge is 0.344 e. The van der Waals surface area contributed by atoms with Crippen LogP contribution in [0.3, 0.4) is 0 Å². The van der Waals surface area contributed by atoms with Crippen LogP contribution in [0.5, 0.6) is 0 Å². The molecule has 0 saturated carbocycles. The summed E-state index contributed by atoms with van der Waals surface area (Å²) in [6.07, 6.45) is 4.92. The highest BCUT2D eigenvalue weighted by molar-refractivity contribution is 7.07. The van der Waals surface area contributed by atoms with E-state index in [2.05, 4.69) is 28.5 Å². The van der Waals surface area contributed by atoms with Gasteiger partial charge in [0, 0.05) is 5.38 Å². The van der Waals surface area contributed by atoms with Gasteiger partial charge in [-0.15, -0.1) is 11.3 Å². The molecule has 1 aliphatic carbocycles. The first-order valence-corrected chi connectivity index (χ1v) is 7.99. The van der Waals surface area contributed by atoms with Crippen molar-refractivity contribution in [1.82, 2.24) is 10.3 Å². The first-order chi connectivity index (χ1) is 9.74. The summed E-state index contributed by atoms with van der Waals surface area (Å²) in [5, 5.41) is 4.78. The smallest absolute Gasteiger partial charge is 0.271 e. The van der Waals surface area contributed by atoms with E-state index in [0.717, 1.165) is 6.42 Å². The molecule has 0 spiro atoms. The third-order valence-electron chi connectivity index (χ3n) is 3.89. The molecule has 1 aliphatic rings. The Morgan fingerprint density at radius 2 is 2.10 bits per heavy atom. The molecule has 0 bridgehead atoms. The summed E-state index contributed by atoms with van der Waals surface area (Å²) in [5.74, 6) is -0.100. The molecule has 3 rings (SSSR count). The number of aromatic nitrogens is 1. The number of carbonyl (C=O) groups is 1. The van der Waals surface area contributed by atoms with Crippen molar-refractivity contribution in [3.8, 4) is 0 Å². The van der Waals surface area contributed by atoms with E-state index in [1.54, 1.807) is 10.9 Å². The van der Waals surface area contributed by atoms with Crippen LogP contribution in [0.2, 0.25) is 0 Å². The lowest BCUT2D eigenvalue weighted by Crippen LogP contribution is -2.27. The quantitative estimate of drug-likeness (QED) is 0.938. The first kappa shape index (κ1) is 13.3. The van der Waals surface area contributed by atoms with Gasteiger partial charge >= 0.3 is 0 Å². The molecule has 3 nitrogen and oxygen atoms in total. The van der Waals surface area contributed by atoms with Gasteiger partial charge in [0.25, 0.3) is 5.91 Å². The van der Waals surface area contributed by atoms with Gasteiger partial charge in [-0.05, 0) is 49.3 Å². The monoisotopic (exact) mass is 286 g/mol. The maximum absolute atomic E-state index is 12.0. The van der Waals surface area contributed by atoms with Crippen molar-refractivity contribution in [2.24, 2.45) is 0 Å². The zero-order valence-electron chi connectivity index (χ0n) is 11.6. The van der Waals surface area contributed by atoms with Gasteiger partial charge in [-0.25, -0.2) is 4.98 Å². The molecule has 1 heterocycles. The lowest BCUT2D eigenvalue weighted by atomic mass is 9.89. The van der Waals surface area contributed by atoms with Gasteiger partial charge < -0.3 is 5.32 Å². The molecule has 1 N–H and O–H groups in total. The Bertz CT molecular complexity index is 607. The Hall–Kier alpha value is -1.68. The van der Waals surface area contributed by atoms with Crippen molar-refractivity contribution in [2.75, 3.05) is 0 Å². The molecule has 0 fully saturated rings. The maximum Gasteiger partial charge on any atom is 0.271 e. The molecular formula is C16H18N2OS. The van der Waals surface area contributed by atoms with Gasteiger partial charge in [0.15, 0.2) is 0 Å². The number of hydrogen-bond acceptors (Lipinski definition) is 3. The van der Waals surface area contributed by atoms with E-state index in [0.29, 0.717) is 5.69 Å². The number of benzene rings is 1. The second-order valence-electron chi connectivity index (χ2n) is 5.30. The fourth-order valence-corrected chi connectivity index (χ4v) is 3.23. The SMILES string of the molecule is CC(NC(=O)c1cscn1)c1ccc2c(c1)CCCC2. The topological polar surface area (TPSA) is 42.0 Å². The fraction of sp³-hybridized carbons (Fsp3) is 0.375. The van der Waals surface area contributed by atoms with Crippen LogP contribution >= 0.6 is 11.3 Å². The second kappa shape index (κ2) is 5.75. The van der Waals surface area contributed by atoms with E-state index in [9.17, 15) is 4.79 Å². The van der Waals surface area contributed by atoms with Crippen LogP contribution in [-0.2, 0) is 12.8 Å². The van der Waals surface area contributed by atoms with E-state index in [1.165, 1.54) is 47.3 Å². The van der Waals surface area contributed by atoms with E-state index < -0.39 is 0 Å². The van der Waals surface area contributed by atoms with Crippen molar-refractivity contribution in [3.05, 3.63) is 51.5 Å². The summed E-state index contributed by atoms with van der Waals surface area (Å²) in [5.41, 5.74) is 6.27. The fourth-order valence-electron chi connectivity index (χ4n) is 2.70. The van der Waals surface area contributed by atoms with Crippen LogP contribution in [0.4, 0.5) is 0 Å². The van der Waals surface area contributed by atoms with Gasteiger partial charge in [-0.1, -0.05) is 18.2 Å². The standard InChI is InChI=1S/C16H18N2OS/c1-11(18-16(19)15-9-20-10-17-15)13-7-6-12-4-2-3-5-14(12)8-13/h6-11H,2-5H2,1H3,(H,18,19). The van der Waals surface area contributed by atoms with Gasteiger partial charge in [-0.3, -0.25) is 4.79 Å². The number of thiazole rings is 1. The molecule has 0 aliphatic heterocycles. The average Bonchev–Trinajstić information content (AvgIpc) is 3.01. The highest BCUT2D eigenvalue weighted by Crippen LogP contribution is 2.24. The van der Waals surface area contributed by atoms with Crippen LogP contribution in [-0.4, -0.2) is 10.9 Å². The number of fused-ring (bicyclic) bond motifs is 1. The predicted molar refractivity (Wildman–Crippen MR) is 81.1 cm³/mol. The summed E-state index contributed by atoms with van der Waals surface area (Å²) < 4.78 is 0. The molecule has 104 valence electrons. The number of hydrogen-bond donors (Lipinski definition) is 1. The molecule has 4 heteroatoms. The van der Waals surface area contributed by atoms with Crippen LogP contribution in [0.15, 0.2) is 29.1 Å². The highest BCUT2D eigenvalue weighted by atomic mass is 32.1. The van der Waals surface area contributed by atoms with Crippen LogP contribution in [0.1, 0.15) is 53.0 Å². The van der Waals surface area contributed by atoms with Crippen molar-refractivity contribution < 1.29 is 4.79 Å². The van der Waals surface area contributed by atoms with Crippen LogP contribution < -0.4 is 5.32 Å². The number of nitrogens with one attached hydrogen (secondary N) is 1. The minimum atomic E-state index is -0.100. The summed E-state index contributed by atoms with van der Waals surface area (Å²) in [6.45, 7) is 2.02. The summed E-state index contributed by atoms with van der Waals surface area (Å²) >= 11 is 1.44. The summed E-state index contributed by atoms with van der Waals surface area (Å²) in [7, 11) is 0. The lowest BCUT2D eigenvalue weighted by molar-refractivity contribution is 0.0935.